The summed E-state index contributed by atoms with van der Waals surface area (Å²) in [4.78, 5) is 19.6. The Hall–Kier alpha value is -3.90. The van der Waals surface area contributed by atoms with Gasteiger partial charge in [-0.15, -0.1) is 10.2 Å². The molecule has 36 heavy (non-hydrogen) atoms. The second kappa shape index (κ2) is 11.7. The molecule has 0 spiro atoms. The van der Waals surface area contributed by atoms with Crippen molar-refractivity contribution in [2.24, 2.45) is 0 Å². The van der Waals surface area contributed by atoms with Crippen LogP contribution in [0.25, 0.3) is 17.3 Å². The number of ether oxygens (including phenoxy) is 3. The van der Waals surface area contributed by atoms with E-state index in [9.17, 15) is 4.79 Å². The van der Waals surface area contributed by atoms with Gasteiger partial charge in [0.25, 0.3) is 0 Å². The third-order valence-electron chi connectivity index (χ3n) is 5.10. The molecule has 0 aliphatic heterocycles. The third-order valence-corrected chi connectivity index (χ3v) is 5.90. The summed E-state index contributed by atoms with van der Waals surface area (Å²) in [5.41, 5.74) is 1.54. The fourth-order valence-corrected chi connectivity index (χ4v) is 4.17. The summed E-state index contributed by atoms with van der Waals surface area (Å²) in [7, 11) is 3.16. The number of nitrogens with one attached hydrogen (secondary N) is 1. The highest BCUT2D eigenvalue weighted by molar-refractivity contribution is 8.00. The zero-order valence-corrected chi connectivity index (χ0v) is 21.1. The van der Waals surface area contributed by atoms with Crippen LogP contribution in [0.15, 0.2) is 47.1 Å². The van der Waals surface area contributed by atoms with Crippen LogP contribution >= 0.6 is 11.9 Å². The lowest BCUT2D eigenvalue weighted by atomic mass is 10.2. The molecule has 11 nitrogen and oxygen atoms in total. The van der Waals surface area contributed by atoms with Gasteiger partial charge in [-0.2, -0.15) is 0 Å². The fraction of sp³-hybridized carbons (Fsp3) is 0.292. The molecule has 1 unspecified atom stereocenters. The molecule has 1 N–H and O–H groups in total. The standard InChI is InChI=1S/C24H26N6O5S/c1-15-12-25-22(26-13-15)20(34-11-10-31)14-36-29-24-28-27-23(19-9-8-16(2)35-19)30(24)21-17(32-3)6-5-7-18(21)33-4/h5-10,12-13,20H,11,14H2,1-4H3,(H,28,29). The molecule has 0 aliphatic carbocycles. The highest BCUT2D eigenvalue weighted by atomic mass is 32.2. The molecule has 3 aromatic heterocycles. The Morgan fingerprint density at radius 3 is 2.42 bits per heavy atom. The summed E-state index contributed by atoms with van der Waals surface area (Å²) in [5.74, 6) is 4.14. The van der Waals surface area contributed by atoms with Gasteiger partial charge in [0.2, 0.25) is 11.8 Å². The SMILES string of the molecule is COc1cccc(OC)c1-n1c(NSCC(OCC=O)c2ncc(C)cn2)nnc1-c1ccc(C)o1. The van der Waals surface area contributed by atoms with Crippen molar-refractivity contribution in [3.05, 3.63) is 59.9 Å². The van der Waals surface area contributed by atoms with Crippen LogP contribution in [0.1, 0.15) is 23.3 Å². The van der Waals surface area contributed by atoms with Crippen LogP contribution in [-0.2, 0) is 9.53 Å². The number of aldehydes is 1. The molecule has 0 saturated carbocycles. The van der Waals surface area contributed by atoms with Crippen molar-refractivity contribution in [3.8, 4) is 28.8 Å². The van der Waals surface area contributed by atoms with Crippen molar-refractivity contribution in [3.63, 3.8) is 0 Å². The minimum Gasteiger partial charge on any atom is -0.494 e. The second-order valence-corrected chi connectivity index (χ2v) is 8.45. The number of aromatic nitrogens is 5. The molecule has 1 aromatic carbocycles. The number of carbonyl (C=O) groups is 1. The van der Waals surface area contributed by atoms with Crippen molar-refractivity contribution in [2.75, 3.05) is 31.3 Å². The van der Waals surface area contributed by atoms with E-state index in [1.54, 1.807) is 31.2 Å². The van der Waals surface area contributed by atoms with Crippen LogP contribution < -0.4 is 14.2 Å². The number of rotatable bonds is 12. The summed E-state index contributed by atoms with van der Waals surface area (Å²) in [5, 5.41) is 8.73. The lowest BCUT2D eigenvalue weighted by Gasteiger charge is -2.18. The number of benzene rings is 1. The molecule has 4 aromatic rings. The Kier molecular flexibility index (Phi) is 8.18. The molecule has 188 valence electrons. The van der Waals surface area contributed by atoms with E-state index < -0.39 is 6.10 Å². The largest absolute Gasteiger partial charge is 0.494 e. The van der Waals surface area contributed by atoms with Gasteiger partial charge in [-0.1, -0.05) is 6.07 Å². The Morgan fingerprint density at radius 2 is 1.81 bits per heavy atom. The zero-order chi connectivity index (χ0) is 25.5. The topological polar surface area (TPSA) is 126 Å². The molecular weight excluding hydrogens is 484 g/mol. The van der Waals surface area contributed by atoms with Gasteiger partial charge < -0.3 is 23.4 Å². The number of aryl methyl sites for hydroxylation is 2. The average Bonchev–Trinajstić information content (AvgIpc) is 3.51. The molecule has 3 heterocycles. The first-order valence-electron chi connectivity index (χ1n) is 11.0. The predicted octanol–water partition coefficient (Wildman–Crippen LogP) is 3.97. The number of hydrogen-bond donors (Lipinski definition) is 1. The molecule has 12 heteroatoms. The third kappa shape index (κ3) is 5.50. The van der Waals surface area contributed by atoms with Gasteiger partial charge in [0.1, 0.15) is 41.9 Å². The summed E-state index contributed by atoms with van der Waals surface area (Å²) >= 11 is 1.31. The summed E-state index contributed by atoms with van der Waals surface area (Å²) in [6, 6.07) is 9.16. The smallest absolute Gasteiger partial charge is 0.239 e. The molecule has 0 saturated heterocycles. The normalized spacial score (nSPS) is 11.8. The van der Waals surface area contributed by atoms with E-state index in [1.165, 1.54) is 11.9 Å². The van der Waals surface area contributed by atoms with Crippen LogP contribution in [0.4, 0.5) is 5.95 Å². The van der Waals surface area contributed by atoms with Crippen LogP contribution in [0.3, 0.4) is 0 Å². The minimum atomic E-state index is -0.516. The maximum Gasteiger partial charge on any atom is 0.239 e. The lowest BCUT2D eigenvalue weighted by Crippen LogP contribution is -2.14. The molecule has 0 amide bonds. The quantitative estimate of drug-likeness (QED) is 0.220. The highest BCUT2D eigenvalue weighted by Gasteiger charge is 2.24. The number of carbonyl (C=O) groups excluding carboxylic acids is 1. The maximum absolute atomic E-state index is 10.9. The number of methoxy groups -OCH3 is 2. The average molecular weight is 511 g/mol. The van der Waals surface area contributed by atoms with E-state index in [4.69, 9.17) is 18.6 Å². The van der Waals surface area contributed by atoms with Gasteiger partial charge in [-0.05, 0) is 55.6 Å². The predicted molar refractivity (Wildman–Crippen MR) is 135 cm³/mol. The van der Waals surface area contributed by atoms with Crippen molar-refractivity contribution < 1.29 is 23.4 Å². The van der Waals surface area contributed by atoms with Crippen molar-refractivity contribution >= 4 is 24.2 Å². The van der Waals surface area contributed by atoms with E-state index in [-0.39, 0.29) is 6.61 Å². The van der Waals surface area contributed by atoms with Gasteiger partial charge in [-0.25, -0.2) is 9.97 Å². The highest BCUT2D eigenvalue weighted by Crippen LogP contribution is 2.38. The summed E-state index contributed by atoms with van der Waals surface area (Å²) < 4.78 is 27.8. The van der Waals surface area contributed by atoms with Gasteiger partial charge in [0.05, 0.1) is 14.2 Å². The Bertz CT molecular complexity index is 1280. The molecule has 0 aliphatic rings. The van der Waals surface area contributed by atoms with E-state index in [0.717, 1.165) is 11.3 Å². The van der Waals surface area contributed by atoms with Crippen LogP contribution in [-0.4, -0.2) is 57.6 Å². The summed E-state index contributed by atoms with van der Waals surface area (Å²) in [6.07, 6.45) is 3.60. The second-order valence-electron chi connectivity index (χ2n) is 7.62. The monoisotopic (exact) mass is 510 g/mol. The van der Waals surface area contributed by atoms with Crippen LogP contribution in [0.5, 0.6) is 11.5 Å². The van der Waals surface area contributed by atoms with Crippen LogP contribution in [0, 0.1) is 13.8 Å². The molecule has 4 rings (SSSR count). The maximum atomic E-state index is 10.9. The molecule has 0 bridgehead atoms. The molecule has 0 fully saturated rings. The lowest BCUT2D eigenvalue weighted by molar-refractivity contribution is -0.113. The number of anilines is 1. The molecular formula is C24H26N6O5S. The van der Waals surface area contributed by atoms with Gasteiger partial charge in [0.15, 0.2) is 11.6 Å². The molecule has 0 radical (unpaired) electrons. The Morgan fingerprint density at radius 1 is 1.08 bits per heavy atom. The van der Waals surface area contributed by atoms with Gasteiger partial charge >= 0.3 is 0 Å². The van der Waals surface area contributed by atoms with Crippen LogP contribution in [0.2, 0.25) is 0 Å². The van der Waals surface area contributed by atoms with E-state index in [0.29, 0.717) is 52.6 Å². The van der Waals surface area contributed by atoms with Crippen molar-refractivity contribution in [1.29, 1.82) is 0 Å². The first-order chi connectivity index (χ1) is 17.5. The Labute approximate surface area is 212 Å². The number of hydrogen-bond acceptors (Lipinski definition) is 11. The van der Waals surface area contributed by atoms with E-state index >= 15 is 0 Å². The van der Waals surface area contributed by atoms with Gasteiger partial charge in [-0.3, -0.25) is 9.29 Å². The van der Waals surface area contributed by atoms with E-state index in [2.05, 4.69) is 24.9 Å². The number of nitrogens with zero attached hydrogens (tertiary/aromatic N) is 5. The van der Waals surface area contributed by atoms with Crippen molar-refractivity contribution in [1.82, 2.24) is 24.7 Å². The fourth-order valence-electron chi connectivity index (χ4n) is 3.43. The first kappa shape index (κ1) is 25.2. The first-order valence-corrected chi connectivity index (χ1v) is 12.0. The minimum absolute atomic E-state index is 0.0704. The van der Waals surface area contributed by atoms with Gasteiger partial charge in [0, 0.05) is 18.1 Å². The zero-order valence-electron chi connectivity index (χ0n) is 20.3. The van der Waals surface area contributed by atoms with Crippen molar-refractivity contribution in [2.45, 2.75) is 20.0 Å². The number of para-hydroxylation sites is 1. The Balaban J connectivity index is 1.66. The molecule has 1 atom stereocenters. The summed E-state index contributed by atoms with van der Waals surface area (Å²) in [6.45, 7) is 3.69. The number of furan rings is 1. The van der Waals surface area contributed by atoms with E-state index in [1.807, 2.05) is 44.2 Å².